The molecule has 5 heteroatoms. The van der Waals surface area contributed by atoms with E-state index in [2.05, 4.69) is 15.3 Å². The molecule has 0 radical (unpaired) electrons. The average molecular weight is 208 g/mol. The zero-order valence-corrected chi connectivity index (χ0v) is 9.32. The summed E-state index contributed by atoms with van der Waals surface area (Å²) in [5.74, 6) is 0.714. The van der Waals surface area contributed by atoms with Gasteiger partial charge in [0.15, 0.2) is 0 Å². The largest absolute Gasteiger partial charge is 0.332 e. The highest BCUT2D eigenvalue weighted by Gasteiger charge is 2.05. The lowest BCUT2D eigenvalue weighted by atomic mass is 10.4. The molecular weight excluding hydrogens is 192 g/mol. The van der Waals surface area contributed by atoms with Crippen LogP contribution in [0.3, 0.4) is 0 Å². The van der Waals surface area contributed by atoms with E-state index in [0.29, 0.717) is 18.9 Å². The molecule has 1 rings (SSSR count). The van der Waals surface area contributed by atoms with Gasteiger partial charge in [0, 0.05) is 19.8 Å². The molecule has 1 aromatic rings. The zero-order chi connectivity index (χ0) is 11.3. The molecule has 5 nitrogen and oxygen atoms in total. The lowest BCUT2D eigenvalue weighted by Gasteiger charge is -2.15. The van der Waals surface area contributed by atoms with Crippen molar-refractivity contribution in [2.75, 3.05) is 13.6 Å². The summed E-state index contributed by atoms with van der Waals surface area (Å²) in [5.41, 5.74) is 0.820. The van der Waals surface area contributed by atoms with Crippen LogP contribution in [0.4, 0.5) is 4.79 Å². The lowest BCUT2D eigenvalue weighted by molar-refractivity contribution is 0.210. The smallest absolute Gasteiger partial charge is 0.317 e. The molecule has 0 aliphatic heterocycles. The van der Waals surface area contributed by atoms with Crippen molar-refractivity contribution in [3.05, 3.63) is 23.8 Å². The van der Waals surface area contributed by atoms with Crippen LogP contribution in [-0.4, -0.2) is 34.5 Å². The van der Waals surface area contributed by atoms with Gasteiger partial charge in [-0.25, -0.2) is 14.8 Å². The molecule has 2 amide bonds. The Morgan fingerprint density at radius 3 is 2.93 bits per heavy atom. The summed E-state index contributed by atoms with van der Waals surface area (Å²) in [4.78, 5) is 21.2. The second kappa shape index (κ2) is 5.29. The number of urea groups is 1. The van der Waals surface area contributed by atoms with Crippen molar-refractivity contribution >= 4 is 6.03 Å². The van der Waals surface area contributed by atoms with Crippen LogP contribution in [0.1, 0.15) is 18.4 Å². The van der Waals surface area contributed by atoms with Gasteiger partial charge in [-0.1, -0.05) is 0 Å². The van der Waals surface area contributed by atoms with Crippen LogP contribution in [0, 0.1) is 6.92 Å². The maximum Gasteiger partial charge on any atom is 0.317 e. The number of hydrogen-bond donors (Lipinski definition) is 1. The van der Waals surface area contributed by atoms with Crippen LogP contribution in [0.25, 0.3) is 0 Å². The Balaban J connectivity index is 2.47. The Kier molecular flexibility index (Phi) is 4.03. The minimum absolute atomic E-state index is 0.0891. The van der Waals surface area contributed by atoms with Gasteiger partial charge in [-0.2, -0.15) is 0 Å². The van der Waals surface area contributed by atoms with Crippen LogP contribution in [0.15, 0.2) is 12.3 Å². The number of nitrogens with one attached hydrogen (secondary N) is 1. The van der Waals surface area contributed by atoms with Crippen molar-refractivity contribution < 1.29 is 4.79 Å². The molecular formula is C10H16N4O. The highest BCUT2D eigenvalue weighted by atomic mass is 16.2. The summed E-state index contributed by atoms with van der Waals surface area (Å²) in [7, 11) is 1.75. The second-order valence-corrected chi connectivity index (χ2v) is 3.27. The van der Waals surface area contributed by atoms with Crippen molar-refractivity contribution in [3.63, 3.8) is 0 Å². The summed E-state index contributed by atoms with van der Waals surface area (Å²) in [6, 6.07) is 1.70. The van der Waals surface area contributed by atoms with Crippen LogP contribution < -0.4 is 5.32 Å². The zero-order valence-electron chi connectivity index (χ0n) is 9.32. The quantitative estimate of drug-likeness (QED) is 0.804. The third-order valence-electron chi connectivity index (χ3n) is 2.08. The van der Waals surface area contributed by atoms with Gasteiger partial charge in [0.2, 0.25) is 0 Å². The summed E-state index contributed by atoms with van der Waals surface area (Å²) < 4.78 is 0. The molecule has 1 N–H and O–H groups in total. The molecule has 0 aliphatic rings. The number of carbonyl (C=O) groups is 1. The molecule has 0 bridgehead atoms. The molecule has 0 unspecified atom stereocenters. The molecule has 15 heavy (non-hydrogen) atoms. The minimum Gasteiger partial charge on any atom is -0.332 e. The van der Waals surface area contributed by atoms with Gasteiger partial charge in [-0.05, 0) is 19.9 Å². The number of amides is 2. The van der Waals surface area contributed by atoms with Gasteiger partial charge < -0.3 is 10.2 Å². The van der Waals surface area contributed by atoms with E-state index >= 15 is 0 Å². The first-order chi connectivity index (χ1) is 7.13. The van der Waals surface area contributed by atoms with E-state index in [4.69, 9.17) is 0 Å². The Bertz CT molecular complexity index is 340. The Morgan fingerprint density at radius 1 is 1.60 bits per heavy atom. The molecule has 1 heterocycles. The van der Waals surface area contributed by atoms with E-state index in [1.807, 2.05) is 13.8 Å². The predicted molar refractivity (Wildman–Crippen MR) is 57.3 cm³/mol. The maximum atomic E-state index is 11.4. The Morgan fingerprint density at radius 2 is 2.33 bits per heavy atom. The van der Waals surface area contributed by atoms with Crippen LogP contribution in [-0.2, 0) is 6.54 Å². The third kappa shape index (κ3) is 3.53. The van der Waals surface area contributed by atoms with Crippen molar-refractivity contribution in [2.45, 2.75) is 20.4 Å². The van der Waals surface area contributed by atoms with E-state index in [9.17, 15) is 4.79 Å². The monoisotopic (exact) mass is 208 g/mol. The molecule has 1 aromatic heterocycles. The van der Waals surface area contributed by atoms with Crippen molar-refractivity contribution in [1.82, 2.24) is 20.2 Å². The molecule has 0 saturated carbocycles. The lowest BCUT2D eigenvalue weighted by Crippen LogP contribution is -2.36. The van der Waals surface area contributed by atoms with Crippen LogP contribution in [0.2, 0.25) is 0 Å². The van der Waals surface area contributed by atoms with E-state index in [1.165, 1.54) is 0 Å². The molecule has 0 aliphatic carbocycles. The molecule has 0 fully saturated rings. The third-order valence-corrected chi connectivity index (χ3v) is 2.08. The maximum absolute atomic E-state index is 11.4. The van der Waals surface area contributed by atoms with E-state index in [-0.39, 0.29) is 6.03 Å². The summed E-state index contributed by atoms with van der Waals surface area (Å²) in [5, 5.41) is 2.77. The fourth-order valence-electron chi connectivity index (χ4n) is 1.05. The normalized spacial score (nSPS) is 9.80. The number of carbonyl (C=O) groups excluding carboxylic acids is 1. The fraction of sp³-hybridized carbons (Fsp3) is 0.500. The van der Waals surface area contributed by atoms with Crippen molar-refractivity contribution in [1.29, 1.82) is 0 Å². The number of rotatable bonds is 3. The first-order valence-electron chi connectivity index (χ1n) is 4.91. The van der Waals surface area contributed by atoms with Gasteiger partial charge in [-0.15, -0.1) is 0 Å². The average Bonchev–Trinajstić information content (AvgIpc) is 2.25. The van der Waals surface area contributed by atoms with E-state index in [0.717, 1.165) is 5.69 Å². The topological polar surface area (TPSA) is 58.1 Å². The summed E-state index contributed by atoms with van der Waals surface area (Å²) in [6.45, 7) is 4.87. The van der Waals surface area contributed by atoms with Gasteiger partial charge in [0.1, 0.15) is 5.82 Å². The van der Waals surface area contributed by atoms with Crippen molar-refractivity contribution in [2.24, 2.45) is 0 Å². The highest BCUT2D eigenvalue weighted by molar-refractivity contribution is 5.73. The first kappa shape index (κ1) is 11.4. The van der Waals surface area contributed by atoms with E-state index < -0.39 is 0 Å². The van der Waals surface area contributed by atoms with Crippen LogP contribution >= 0.6 is 0 Å². The van der Waals surface area contributed by atoms with E-state index in [1.54, 1.807) is 24.2 Å². The highest BCUT2D eigenvalue weighted by Crippen LogP contribution is 1.94. The molecule has 82 valence electrons. The number of hydrogen-bond acceptors (Lipinski definition) is 3. The molecule has 0 aromatic carbocycles. The molecule has 0 atom stereocenters. The number of aryl methyl sites for hydroxylation is 1. The van der Waals surface area contributed by atoms with Gasteiger partial charge in [-0.3, -0.25) is 0 Å². The number of aromatic nitrogens is 2. The standard InChI is InChI=1S/C10H16N4O/c1-4-14(3)10(15)12-7-9-5-6-11-8(2)13-9/h5-6H,4,7H2,1-3H3,(H,12,15). The van der Waals surface area contributed by atoms with Gasteiger partial charge in [0.25, 0.3) is 0 Å². The second-order valence-electron chi connectivity index (χ2n) is 3.27. The van der Waals surface area contributed by atoms with Crippen LogP contribution in [0.5, 0.6) is 0 Å². The van der Waals surface area contributed by atoms with Gasteiger partial charge >= 0.3 is 6.03 Å². The summed E-state index contributed by atoms with van der Waals surface area (Å²) in [6.07, 6.45) is 1.69. The molecule has 0 spiro atoms. The van der Waals surface area contributed by atoms with Crippen molar-refractivity contribution in [3.8, 4) is 0 Å². The fourth-order valence-corrected chi connectivity index (χ4v) is 1.05. The SMILES string of the molecule is CCN(C)C(=O)NCc1ccnc(C)n1. The Hall–Kier alpha value is -1.65. The Labute approximate surface area is 89.5 Å². The predicted octanol–water partition coefficient (Wildman–Crippen LogP) is 0.946. The number of nitrogens with zero attached hydrogens (tertiary/aromatic N) is 3. The minimum atomic E-state index is -0.0891. The first-order valence-corrected chi connectivity index (χ1v) is 4.91. The summed E-state index contributed by atoms with van der Waals surface area (Å²) >= 11 is 0. The van der Waals surface area contributed by atoms with Gasteiger partial charge in [0.05, 0.1) is 12.2 Å². The molecule has 0 saturated heterocycles.